The maximum absolute atomic E-state index is 14.2. The Balaban J connectivity index is 2.12. The van der Waals surface area contributed by atoms with Crippen molar-refractivity contribution in [1.29, 1.82) is 0 Å². The molecule has 0 amide bonds. The SMILES string of the molecule is C#Cc1ccc2c(c1)CN(C)CCC2c1ccccc1F. The van der Waals surface area contributed by atoms with Gasteiger partial charge in [0, 0.05) is 18.0 Å². The van der Waals surface area contributed by atoms with E-state index >= 15 is 0 Å². The van der Waals surface area contributed by atoms with Crippen LogP contribution in [-0.2, 0) is 6.54 Å². The summed E-state index contributed by atoms with van der Waals surface area (Å²) in [5.41, 5.74) is 4.07. The maximum atomic E-state index is 14.2. The molecule has 106 valence electrons. The summed E-state index contributed by atoms with van der Waals surface area (Å²) in [6, 6.07) is 13.2. The van der Waals surface area contributed by atoms with Crippen LogP contribution in [0.25, 0.3) is 0 Å². The van der Waals surface area contributed by atoms with E-state index in [2.05, 4.69) is 30.0 Å². The molecule has 1 unspecified atom stereocenters. The molecule has 2 aromatic rings. The fourth-order valence-electron chi connectivity index (χ4n) is 3.13. The molecule has 1 aliphatic rings. The van der Waals surface area contributed by atoms with Crippen LogP contribution in [0.2, 0.25) is 0 Å². The van der Waals surface area contributed by atoms with Gasteiger partial charge in [0.15, 0.2) is 0 Å². The Kier molecular flexibility index (Phi) is 3.77. The van der Waals surface area contributed by atoms with E-state index in [0.717, 1.165) is 30.6 Å². The fourth-order valence-corrected chi connectivity index (χ4v) is 3.13. The number of halogens is 1. The zero-order chi connectivity index (χ0) is 14.8. The van der Waals surface area contributed by atoms with Gasteiger partial charge in [0.1, 0.15) is 5.82 Å². The number of terminal acetylenes is 1. The summed E-state index contributed by atoms with van der Waals surface area (Å²) in [6.07, 6.45) is 6.42. The summed E-state index contributed by atoms with van der Waals surface area (Å²) in [7, 11) is 2.09. The van der Waals surface area contributed by atoms with Crippen molar-refractivity contribution in [2.24, 2.45) is 0 Å². The third-order valence-corrected chi connectivity index (χ3v) is 4.21. The summed E-state index contributed by atoms with van der Waals surface area (Å²) in [5, 5.41) is 0. The van der Waals surface area contributed by atoms with Crippen LogP contribution >= 0.6 is 0 Å². The first kappa shape index (κ1) is 13.9. The molecule has 1 nitrogen and oxygen atoms in total. The van der Waals surface area contributed by atoms with Crippen LogP contribution in [0, 0.1) is 18.2 Å². The van der Waals surface area contributed by atoms with Crippen molar-refractivity contribution in [1.82, 2.24) is 4.90 Å². The lowest BCUT2D eigenvalue weighted by Crippen LogP contribution is -2.17. The Morgan fingerprint density at radius 2 is 2.00 bits per heavy atom. The molecule has 0 saturated carbocycles. The largest absolute Gasteiger partial charge is 0.302 e. The molecule has 3 rings (SSSR count). The number of benzene rings is 2. The van der Waals surface area contributed by atoms with E-state index in [1.165, 1.54) is 11.1 Å². The van der Waals surface area contributed by atoms with Crippen LogP contribution in [-0.4, -0.2) is 18.5 Å². The normalized spacial score (nSPS) is 18.6. The lowest BCUT2D eigenvalue weighted by molar-refractivity contribution is 0.327. The van der Waals surface area contributed by atoms with Gasteiger partial charge in [0.25, 0.3) is 0 Å². The third kappa shape index (κ3) is 2.70. The number of hydrogen-bond acceptors (Lipinski definition) is 1. The van der Waals surface area contributed by atoms with Crippen LogP contribution < -0.4 is 0 Å². The second kappa shape index (κ2) is 5.71. The molecule has 0 bridgehead atoms. The molecule has 21 heavy (non-hydrogen) atoms. The van der Waals surface area contributed by atoms with E-state index < -0.39 is 0 Å². The minimum absolute atomic E-state index is 0.0953. The quantitative estimate of drug-likeness (QED) is 0.718. The molecule has 1 atom stereocenters. The Morgan fingerprint density at radius 1 is 1.19 bits per heavy atom. The minimum atomic E-state index is -0.126. The van der Waals surface area contributed by atoms with E-state index in [1.54, 1.807) is 12.1 Å². The van der Waals surface area contributed by atoms with Gasteiger partial charge in [-0.2, -0.15) is 0 Å². The summed E-state index contributed by atoms with van der Waals surface area (Å²) in [6.45, 7) is 1.80. The zero-order valence-corrected chi connectivity index (χ0v) is 12.1. The molecule has 0 aliphatic carbocycles. The van der Waals surface area contributed by atoms with Crippen molar-refractivity contribution in [3.8, 4) is 12.3 Å². The fraction of sp³-hybridized carbons (Fsp3) is 0.263. The molecule has 0 fully saturated rings. The highest BCUT2D eigenvalue weighted by atomic mass is 19.1. The summed E-state index contributed by atoms with van der Waals surface area (Å²) in [5.74, 6) is 2.66. The predicted molar refractivity (Wildman–Crippen MR) is 83.6 cm³/mol. The van der Waals surface area contributed by atoms with Gasteiger partial charge in [-0.25, -0.2) is 4.39 Å². The molecule has 2 heteroatoms. The first-order valence-corrected chi connectivity index (χ1v) is 7.21. The van der Waals surface area contributed by atoms with Gasteiger partial charge in [0.05, 0.1) is 0 Å². The molecular weight excluding hydrogens is 261 g/mol. The van der Waals surface area contributed by atoms with Gasteiger partial charge >= 0.3 is 0 Å². The van der Waals surface area contributed by atoms with Gasteiger partial charge in [-0.15, -0.1) is 6.42 Å². The zero-order valence-electron chi connectivity index (χ0n) is 12.1. The van der Waals surface area contributed by atoms with Gasteiger partial charge in [-0.1, -0.05) is 30.2 Å². The topological polar surface area (TPSA) is 3.24 Å². The lowest BCUT2D eigenvalue weighted by Gasteiger charge is -2.18. The second-order valence-electron chi connectivity index (χ2n) is 5.66. The molecule has 2 aromatic carbocycles. The molecule has 0 saturated heterocycles. The van der Waals surface area contributed by atoms with Crippen LogP contribution in [0.5, 0.6) is 0 Å². The Labute approximate surface area is 125 Å². The van der Waals surface area contributed by atoms with Gasteiger partial charge in [-0.3, -0.25) is 0 Å². The number of hydrogen-bond donors (Lipinski definition) is 0. The van der Waals surface area contributed by atoms with Crippen LogP contribution in [0.4, 0.5) is 4.39 Å². The molecule has 1 heterocycles. The van der Waals surface area contributed by atoms with Crippen molar-refractivity contribution in [3.05, 3.63) is 70.5 Å². The maximum Gasteiger partial charge on any atom is 0.127 e. The van der Waals surface area contributed by atoms with Crippen molar-refractivity contribution in [2.75, 3.05) is 13.6 Å². The van der Waals surface area contributed by atoms with Crippen molar-refractivity contribution in [2.45, 2.75) is 18.9 Å². The van der Waals surface area contributed by atoms with Crippen LogP contribution in [0.3, 0.4) is 0 Å². The Morgan fingerprint density at radius 3 is 2.76 bits per heavy atom. The third-order valence-electron chi connectivity index (χ3n) is 4.21. The second-order valence-corrected chi connectivity index (χ2v) is 5.66. The first-order chi connectivity index (χ1) is 10.2. The summed E-state index contributed by atoms with van der Waals surface area (Å²) >= 11 is 0. The molecule has 0 spiro atoms. The highest BCUT2D eigenvalue weighted by molar-refractivity contribution is 5.45. The van der Waals surface area contributed by atoms with Crippen molar-refractivity contribution >= 4 is 0 Å². The van der Waals surface area contributed by atoms with E-state index in [0.29, 0.717) is 0 Å². The average molecular weight is 279 g/mol. The van der Waals surface area contributed by atoms with E-state index in [9.17, 15) is 4.39 Å². The molecule has 0 N–H and O–H groups in total. The van der Waals surface area contributed by atoms with Crippen LogP contribution in [0.15, 0.2) is 42.5 Å². The standard InChI is InChI=1S/C19H18FN/c1-3-14-8-9-16-15(12-14)13-21(2)11-10-17(16)18-6-4-5-7-19(18)20/h1,4-9,12,17H,10-11,13H2,2H3. The van der Waals surface area contributed by atoms with E-state index in [-0.39, 0.29) is 11.7 Å². The number of rotatable bonds is 1. The van der Waals surface area contributed by atoms with Gasteiger partial charge in [0.2, 0.25) is 0 Å². The minimum Gasteiger partial charge on any atom is -0.302 e. The van der Waals surface area contributed by atoms with Crippen molar-refractivity contribution in [3.63, 3.8) is 0 Å². The average Bonchev–Trinajstić information content (AvgIpc) is 2.65. The monoisotopic (exact) mass is 279 g/mol. The Bertz CT molecular complexity index is 699. The Hall–Kier alpha value is -2.11. The molecule has 0 aromatic heterocycles. The lowest BCUT2D eigenvalue weighted by atomic mass is 9.86. The van der Waals surface area contributed by atoms with E-state index in [1.807, 2.05) is 18.2 Å². The van der Waals surface area contributed by atoms with Crippen molar-refractivity contribution < 1.29 is 4.39 Å². The van der Waals surface area contributed by atoms with Gasteiger partial charge in [-0.05, 0) is 54.9 Å². The predicted octanol–water partition coefficient (Wildman–Crippen LogP) is 3.77. The molecule has 0 radical (unpaired) electrons. The highest BCUT2D eigenvalue weighted by Gasteiger charge is 2.24. The van der Waals surface area contributed by atoms with E-state index in [4.69, 9.17) is 6.42 Å². The molecule has 1 aliphatic heterocycles. The number of nitrogens with zero attached hydrogens (tertiary/aromatic N) is 1. The number of fused-ring (bicyclic) bond motifs is 1. The molecular formula is C19H18FN. The smallest absolute Gasteiger partial charge is 0.127 e. The summed E-state index contributed by atoms with van der Waals surface area (Å²) in [4.78, 5) is 2.26. The highest BCUT2D eigenvalue weighted by Crippen LogP contribution is 2.35. The van der Waals surface area contributed by atoms with Crippen LogP contribution in [0.1, 0.15) is 34.6 Å². The summed E-state index contributed by atoms with van der Waals surface area (Å²) < 4.78 is 14.2. The van der Waals surface area contributed by atoms with Gasteiger partial charge < -0.3 is 4.90 Å². The first-order valence-electron chi connectivity index (χ1n) is 7.21.